The van der Waals surface area contributed by atoms with Crippen LogP contribution in [0.1, 0.15) is 52.9 Å². The van der Waals surface area contributed by atoms with E-state index >= 15 is 0 Å². The van der Waals surface area contributed by atoms with E-state index < -0.39 is 6.04 Å². The van der Waals surface area contributed by atoms with Gasteiger partial charge in [-0.15, -0.1) is 12.4 Å². The van der Waals surface area contributed by atoms with Gasteiger partial charge in [0.1, 0.15) is 0 Å². The van der Waals surface area contributed by atoms with Gasteiger partial charge in [-0.05, 0) is 31.1 Å². The fraction of sp³-hybridized carbons (Fsp3) is 0.923. The van der Waals surface area contributed by atoms with E-state index in [9.17, 15) is 4.79 Å². The minimum Gasteiger partial charge on any atom is -0.354 e. The molecule has 1 fully saturated rings. The summed E-state index contributed by atoms with van der Waals surface area (Å²) in [5.74, 6) is 0.707. The van der Waals surface area contributed by atoms with E-state index in [1.165, 1.54) is 32.1 Å². The van der Waals surface area contributed by atoms with Crippen LogP contribution in [0.2, 0.25) is 0 Å². The third-order valence-electron chi connectivity index (χ3n) is 3.84. The Hall–Kier alpha value is -0.280. The molecule has 0 bridgehead atoms. The third-order valence-corrected chi connectivity index (χ3v) is 3.84. The van der Waals surface area contributed by atoms with E-state index in [0.29, 0.717) is 0 Å². The van der Waals surface area contributed by atoms with Crippen molar-refractivity contribution in [3.8, 4) is 0 Å². The van der Waals surface area contributed by atoms with Crippen molar-refractivity contribution < 1.29 is 4.79 Å². The van der Waals surface area contributed by atoms with E-state index in [2.05, 4.69) is 19.2 Å². The lowest BCUT2D eigenvalue weighted by atomic mass is 9.71. The van der Waals surface area contributed by atoms with Gasteiger partial charge in [-0.2, -0.15) is 0 Å². The highest BCUT2D eigenvalue weighted by Crippen LogP contribution is 2.37. The highest BCUT2D eigenvalue weighted by molar-refractivity contribution is 5.85. The Morgan fingerprint density at radius 1 is 1.35 bits per heavy atom. The molecule has 0 aromatic rings. The molecule has 1 saturated carbocycles. The zero-order valence-corrected chi connectivity index (χ0v) is 12.1. The third kappa shape index (κ3) is 5.26. The predicted molar refractivity (Wildman–Crippen MR) is 74.3 cm³/mol. The molecule has 0 heterocycles. The van der Waals surface area contributed by atoms with Crippen molar-refractivity contribution in [2.24, 2.45) is 17.1 Å². The van der Waals surface area contributed by atoms with Crippen molar-refractivity contribution in [2.75, 3.05) is 6.54 Å². The number of hydrogen-bond acceptors (Lipinski definition) is 2. The largest absolute Gasteiger partial charge is 0.354 e. The number of carbonyl (C=O) groups excluding carboxylic acids is 1. The first-order valence-electron chi connectivity index (χ1n) is 6.47. The average Bonchev–Trinajstić information content (AvgIpc) is 2.27. The second-order valence-electron chi connectivity index (χ2n) is 5.83. The molecule has 0 aromatic heterocycles. The van der Waals surface area contributed by atoms with Crippen LogP contribution < -0.4 is 11.1 Å². The Morgan fingerprint density at radius 2 is 1.88 bits per heavy atom. The molecule has 0 aromatic carbocycles. The van der Waals surface area contributed by atoms with Crippen molar-refractivity contribution in [1.82, 2.24) is 5.32 Å². The second kappa shape index (κ2) is 7.22. The van der Waals surface area contributed by atoms with Gasteiger partial charge in [0, 0.05) is 6.54 Å². The molecule has 1 atom stereocenters. The fourth-order valence-electron chi connectivity index (χ4n) is 2.50. The first-order chi connectivity index (χ1) is 7.43. The molecule has 17 heavy (non-hydrogen) atoms. The molecule has 1 rings (SSSR count). The molecule has 0 aliphatic heterocycles. The van der Waals surface area contributed by atoms with Crippen molar-refractivity contribution >= 4 is 18.3 Å². The van der Waals surface area contributed by atoms with Gasteiger partial charge in [-0.1, -0.05) is 33.1 Å². The SMILES string of the molecule is CC(N)C(=O)NCC(C)(C)C1CCCCC1.Cl. The van der Waals surface area contributed by atoms with Crippen LogP contribution in [0.4, 0.5) is 0 Å². The quantitative estimate of drug-likeness (QED) is 0.818. The molecule has 102 valence electrons. The van der Waals surface area contributed by atoms with Gasteiger partial charge in [0.15, 0.2) is 0 Å². The number of carbonyl (C=O) groups is 1. The van der Waals surface area contributed by atoms with Gasteiger partial charge in [0.05, 0.1) is 6.04 Å². The van der Waals surface area contributed by atoms with Gasteiger partial charge in [0.2, 0.25) is 5.91 Å². The van der Waals surface area contributed by atoms with Crippen LogP contribution in [-0.2, 0) is 4.79 Å². The Bertz CT molecular complexity index is 236. The molecule has 0 saturated heterocycles. The second-order valence-corrected chi connectivity index (χ2v) is 5.83. The molecule has 3 N–H and O–H groups in total. The van der Waals surface area contributed by atoms with Crippen molar-refractivity contribution in [1.29, 1.82) is 0 Å². The Morgan fingerprint density at radius 3 is 2.35 bits per heavy atom. The lowest BCUT2D eigenvalue weighted by molar-refractivity contribution is -0.122. The zero-order valence-electron chi connectivity index (χ0n) is 11.3. The first kappa shape index (κ1) is 16.7. The first-order valence-corrected chi connectivity index (χ1v) is 6.47. The van der Waals surface area contributed by atoms with E-state index in [1.807, 2.05) is 0 Å². The summed E-state index contributed by atoms with van der Waals surface area (Å²) in [5.41, 5.74) is 5.73. The van der Waals surface area contributed by atoms with E-state index in [4.69, 9.17) is 5.73 Å². The highest BCUT2D eigenvalue weighted by atomic mass is 35.5. The molecule has 1 aliphatic rings. The Balaban J connectivity index is 0.00000256. The maximum absolute atomic E-state index is 11.4. The predicted octanol–water partition coefficient (Wildman–Crippen LogP) is 2.48. The highest BCUT2D eigenvalue weighted by Gasteiger charge is 2.30. The monoisotopic (exact) mass is 262 g/mol. The van der Waals surface area contributed by atoms with Gasteiger partial charge < -0.3 is 11.1 Å². The smallest absolute Gasteiger partial charge is 0.236 e. The standard InChI is InChI=1S/C13H26N2O.ClH/c1-10(14)12(16)15-9-13(2,3)11-7-5-4-6-8-11;/h10-11H,4-9,14H2,1-3H3,(H,15,16);1H. The summed E-state index contributed by atoms with van der Waals surface area (Å²) in [6.07, 6.45) is 6.67. The number of amides is 1. The lowest BCUT2D eigenvalue weighted by Gasteiger charge is -2.37. The summed E-state index contributed by atoms with van der Waals surface area (Å²) >= 11 is 0. The van der Waals surface area contributed by atoms with Gasteiger partial charge in [-0.25, -0.2) is 0 Å². The summed E-state index contributed by atoms with van der Waals surface area (Å²) in [6.45, 7) is 6.98. The molecule has 3 nitrogen and oxygen atoms in total. The summed E-state index contributed by atoms with van der Waals surface area (Å²) < 4.78 is 0. The van der Waals surface area contributed by atoms with Crippen LogP contribution in [0.15, 0.2) is 0 Å². The van der Waals surface area contributed by atoms with Crippen LogP contribution in [-0.4, -0.2) is 18.5 Å². The van der Waals surface area contributed by atoms with Crippen LogP contribution in [0.3, 0.4) is 0 Å². The number of rotatable bonds is 4. The maximum Gasteiger partial charge on any atom is 0.236 e. The van der Waals surface area contributed by atoms with Crippen molar-refractivity contribution in [3.05, 3.63) is 0 Å². The topological polar surface area (TPSA) is 55.1 Å². The normalized spacial score (nSPS) is 19.3. The summed E-state index contributed by atoms with van der Waals surface area (Å²) in [7, 11) is 0. The van der Waals surface area contributed by atoms with Gasteiger partial charge >= 0.3 is 0 Å². The van der Waals surface area contributed by atoms with Crippen molar-refractivity contribution in [2.45, 2.75) is 58.9 Å². The molecular formula is C13H27ClN2O. The Kier molecular flexibility index (Phi) is 7.10. The van der Waals surface area contributed by atoms with E-state index in [-0.39, 0.29) is 23.7 Å². The minimum absolute atomic E-state index is 0. The molecule has 4 heteroatoms. The number of hydrogen-bond donors (Lipinski definition) is 2. The maximum atomic E-state index is 11.4. The summed E-state index contributed by atoms with van der Waals surface area (Å²) in [5, 5.41) is 2.96. The molecule has 0 radical (unpaired) electrons. The van der Waals surface area contributed by atoms with Crippen LogP contribution >= 0.6 is 12.4 Å². The van der Waals surface area contributed by atoms with E-state index in [1.54, 1.807) is 6.92 Å². The minimum atomic E-state index is -0.401. The Labute approximate surface area is 111 Å². The van der Waals surface area contributed by atoms with Crippen molar-refractivity contribution in [3.63, 3.8) is 0 Å². The molecule has 1 amide bonds. The van der Waals surface area contributed by atoms with Gasteiger partial charge in [0.25, 0.3) is 0 Å². The fourth-order valence-corrected chi connectivity index (χ4v) is 2.50. The van der Waals surface area contributed by atoms with Gasteiger partial charge in [-0.3, -0.25) is 4.79 Å². The zero-order chi connectivity index (χ0) is 12.2. The van der Waals surface area contributed by atoms with Crippen LogP contribution in [0.25, 0.3) is 0 Å². The lowest BCUT2D eigenvalue weighted by Crippen LogP contribution is -2.44. The number of halogens is 1. The molecular weight excluding hydrogens is 236 g/mol. The summed E-state index contributed by atoms with van der Waals surface area (Å²) in [6, 6.07) is -0.401. The van der Waals surface area contributed by atoms with Crippen LogP contribution in [0.5, 0.6) is 0 Å². The van der Waals surface area contributed by atoms with E-state index in [0.717, 1.165) is 12.5 Å². The van der Waals surface area contributed by atoms with Crippen LogP contribution in [0, 0.1) is 11.3 Å². The number of nitrogens with one attached hydrogen (secondary N) is 1. The summed E-state index contributed by atoms with van der Waals surface area (Å²) in [4.78, 5) is 11.4. The number of nitrogens with two attached hydrogens (primary N) is 1. The molecule has 0 spiro atoms. The molecule has 1 unspecified atom stereocenters. The average molecular weight is 263 g/mol. The molecule has 1 aliphatic carbocycles.